The monoisotopic (exact) mass is 341 g/mol. The van der Waals surface area contributed by atoms with Crippen molar-refractivity contribution in [1.82, 2.24) is 15.2 Å². The number of benzene rings is 2. The molecule has 122 valence electrons. The Bertz CT molecular complexity index is 864. The number of carbonyl (C=O) groups is 1. The lowest BCUT2D eigenvalue weighted by molar-refractivity contribution is 0.0600. The van der Waals surface area contributed by atoms with E-state index >= 15 is 0 Å². The number of aromatic nitrogens is 3. The molecule has 1 heterocycles. The zero-order valence-electron chi connectivity index (χ0n) is 12.9. The number of carbonyl (C=O) groups excluding carboxylic acids is 1. The van der Waals surface area contributed by atoms with E-state index in [9.17, 15) is 9.90 Å². The van der Waals surface area contributed by atoms with E-state index in [4.69, 9.17) is 4.74 Å². The molecule has 0 bridgehead atoms. The Hall–Kier alpha value is -2.80. The third kappa shape index (κ3) is 3.41. The minimum atomic E-state index is -0.365. The smallest absolute Gasteiger partial charge is 0.338 e. The van der Waals surface area contributed by atoms with Crippen LogP contribution in [0, 0.1) is 0 Å². The minimum absolute atomic E-state index is 0.140. The summed E-state index contributed by atoms with van der Waals surface area (Å²) >= 11 is 1.39. The van der Waals surface area contributed by atoms with Crippen LogP contribution in [0.15, 0.2) is 53.7 Å². The van der Waals surface area contributed by atoms with E-state index in [2.05, 4.69) is 15.2 Å². The summed E-state index contributed by atoms with van der Waals surface area (Å²) in [5.74, 6) is 0.803. The number of hydrogen-bond acceptors (Lipinski definition) is 6. The number of phenols is 1. The summed E-state index contributed by atoms with van der Waals surface area (Å²) in [6.07, 6.45) is 0. The van der Waals surface area contributed by atoms with Crippen LogP contribution in [0.1, 0.15) is 15.9 Å². The number of H-pyrrole nitrogens is 1. The quantitative estimate of drug-likeness (QED) is 0.547. The Kier molecular flexibility index (Phi) is 4.81. The average Bonchev–Trinajstić information content (AvgIpc) is 3.08. The lowest BCUT2D eigenvalue weighted by Crippen LogP contribution is -2.04. The number of para-hydroxylation sites is 1. The largest absolute Gasteiger partial charge is 0.507 e. The number of methoxy groups -OCH3 is 1. The lowest BCUT2D eigenvalue weighted by atomic mass is 10.1. The lowest BCUT2D eigenvalue weighted by Gasteiger charge is -2.05. The van der Waals surface area contributed by atoms with Gasteiger partial charge in [0.1, 0.15) is 5.75 Å². The predicted molar refractivity (Wildman–Crippen MR) is 90.8 cm³/mol. The highest BCUT2D eigenvalue weighted by molar-refractivity contribution is 7.98. The van der Waals surface area contributed by atoms with Crippen molar-refractivity contribution in [2.75, 3.05) is 7.11 Å². The van der Waals surface area contributed by atoms with E-state index in [1.807, 2.05) is 18.2 Å². The van der Waals surface area contributed by atoms with Gasteiger partial charge in [0.2, 0.25) is 5.16 Å². The van der Waals surface area contributed by atoms with Gasteiger partial charge in [-0.15, -0.1) is 5.10 Å². The van der Waals surface area contributed by atoms with Crippen LogP contribution in [0.25, 0.3) is 11.4 Å². The summed E-state index contributed by atoms with van der Waals surface area (Å²) in [5, 5.41) is 17.4. The molecule has 0 saturated carbocycles. The third-order valence-corrected chi connectivity index (χ3v) is 4.30. The SMILES string of the molecule is COC(=O)c1ccccc1CSc1n[nH]c(-c2ccccc2O)n1. The molecule has 24 heavy (non-hydrogen) atoms. The molecule has 0 amide bonds. The van der Waals surface area contributed by atoms with E-state index in [1.54, 1.807) is 30.3 Å². The Morgan fingerprint density at radius 1 is 1.21 bits per heavy atom. The van der Waals surface area contributed by atoms with Crippen LogP contribution in [0.2, 0.25) is 0 Å². The summed E-state index contributed by atoms with van der Waals surface area (Å²) in [7, 11) is 1.36. The van der Waals surface area contributed by atoms with Gasteiger partial charge in [-0.05, 0) is 23.8 Å². The number of aromatic hydroxyl groups is 1. The molecule has 0 unspecified atom stereocenters. The van der Waals surface area contributed by atoms with Crippen LogP contribution in [0.5, 0.6) is 5.75 Å². The van der Waals surface area contributed by atoms with Crippen molar-refractivity contribution >= 4 is 17.7 Å². The van der Waals surface area contributed by atoms with Crippen molar-refractivity contribution in [2.24, 2.45) is 0 Å². The van der Waals surface area contributed by atoms with Gasteiger partial charge >= 0.3 is 5.97 Å². The maximum absolute atomic E-state index is 11.8. The van der Waals surface area contributed by atoms with Crippen molar-refractivity contribution in [1.29, 1.82) is 0 Å². The molecule has 0 atom stereocenters. The van der Waals surface area contributed by atoms with E-state index in [0.29, 0.717) is 27.9 Å². The van der Waals surface area contributed by atoms with Gasteiger partial charge in [0.25, 0.3) is 0 Å². The molecule has 0 fully saturated rings. The molecule has 0 spiro atoms. The normalized spacial score (nSPS) is 10.5. The van der Waals surface area contributed by atoms with Gasteiger partial charge < -0.3 is 9.84 Å². The highest BCUT2D eigenvalue weighted by Gasteiger charge is 2.13. The van der Waals surface area contributed by atoms with Crippen molar-refractivity contribution < 1.29 is 14.6 Å². The van der Waals surface area contributed by atoms with Crippen molar-refractivity contribution in [3.8, 4) is 17.1 Å². The highest BCUT2D eigenvalue weighted by atomic mass is 32.2. The second kappa shape index (κ2) is 7.18. The van der Waals surface area contributed by atoms with E-state index in [0.717, 1.165) is 5.56 Å². The Labute approximate surface area is 142 Å². The van der Waals surface area contributed by atoms with Gasteiger partial charge in [0.05, 0.1) is 18.2 Å². The molecule has 2 aromatic carbocycles. The summed E-state index contributed by atoms with van der Waals surface area (Å²) in [5.41, 5.74) is 1.97. The number of thioether (sulfide) groups is 1. The van der Waals surface area contributed by atoms with E-state index in [-0.39, 0.29) is 11.7 Å². The van der Waals surface area contributed by atoms with Crippen LogP contribution in [0.4, 0.5) is 0 Å². The topological polar surface area (TPSA) is 88.1 Å². The minimum Gasteiger partial charge on any atom is -0.507 e. The number of rotatable bonds is 5. The number of aromatic amines is 1. The molecule has 0 aliphatic rings. The Morgan fingerprint density at radius 3 is 2.75 bits per heavy atom. The highest BCUT2D eigenvalue weighted by Crippen LogP contribution is 2.28. The molecule has 7 heteroatoms. The van der Waals surface area contributed by atoms with Crippen molar-refractivity contribution in [3.05, 3.63) is 59.7 Å². The predicted octanol–water partition coefficient (Wildman–Crippen LogP) is 3.26. The molecule has 3 aromatic rings. The summed E-state index contributed by atoms with van der Waals surface area (Å²) < 4.78 is 4.79. The van der Waals surface area contributed by atoms with Gasteiger partial charge in [0.15, 0.2) is 5.82 Å². The Balaban J connectivity index is 1.75. The molecule has 3 rings (SSSR count). The zero-order chi connectivity index (χ0) is 16.9. The molecule has 0 aliphatic heterocycles. The average molecular weight is 341 g/mol. The fraction of sp³-hybridized carbons (Fsp3) is 0.118. The van der Waals surface area contributed by atoms with Gasteiger partial charge in [-0.2, -0.15) is 0 Å². The fourth-order valence-corrected chi connectivity index (χ4v) is 3.01. The second-order valence-electron chi connectivity index (χ2n) is 4.92. The molecular weight excluding hydrogens is 326 g/mol. The summed E-state index contributed by atoms with van der Waals surface area (Å²) in [6, 6.07) is 14.2. The first kappa shape index (κ1) is 16.1. The molecule has 2 N–H and O–H groups in total. The van der Waals surface area contributed by atoms with Crippen LogP contribution < -0.4 is 0 Å². The number of esters is 1. The van der Waals surface area contributed by atoms with Gasteiger partial charge in [0, 0.05) is 5.75 Å². The first-order chi connectivity index (χ1) is 11.7. The summed E-state index contributed by atoms with van der Waals surface area (Å²) in [4.78, 5) is 16.1. The zero-order valence-corrected chi connectivity index (χ0v) is 13.7. The van der Waals surface area contributed by atoms with Crippen molar-refractivity contribution in [2.45, 2.75) is 10.9 Å². The van der Waals surface area contributed by atoms with Gasteiger partial charge in [-0.1, -0.05) is 42.1 Å². The number of ether oxygens (including phenoxy) is 1. The number of phenolic OH excluding ortho intramolecular Hbond substituents is 1. The molecule has 0 aliphatic carbocycles. The molecule has 0 radical (unpaired) electrons. The number of nitrogens with one attached hydrogen (secondary N) is 1. The third-order valence-electron chi connectivity index (χ3n) is 3.40. The van der Waals surface area contributed by atoms with Crippen LogP contribution in [-0.2, 0) is 10.5 Å². The molecule has 0 saturated heterocycles. The van der Waals surface area contributed by atoms with Gasteiger partial charge in [-0.3, -0.25) is 5.10 Å². The first-order valence-electron chi connectivity index (χ1n) is 7.19. The van der Waals surface area contributed by atoms with Gasteiger partial charge in [-0.25, -0.2) is 9.78 Å². The van der Waals surface area contributed by atoms with E-state index < -0.39 is 0 Å². The summed E-state index contributed by atoms with van der Waals surface area (Å²) in [6.45, 7) is 0. The second-order valence-corrected chi connectivity index (χ2v) is 5.86. The Morgan fingerprint density at radius 2 is 1.96 bits per heavy atom. The maximum atomic E-state index is 11.8. The van der Waals surface area contributed by atoms with Crippen LogP contribution >= 0.6 is 11.8 Å². The molecule has 6 nitrogen and oxygen atoms in total. The fourth-order valence-electron chi connectivity index (χ4n) is 2.20. The van der Waals surface area contributed by atoms with E-state index in [1.165, 1.54) is 18.9 Å². The number of nitrogens with zero attached hydrogens (tertiary/aromatic N) is 2. The number of hydrogen-bond donors (Lipinski definition) is 2. The van der Waals surface area contributed by atoms with Crippen LogP contribution in [-0.4, -0.2) is 33.4 Å². The standard InChI is InChI=1S/C17H15N3O3S/c1-23-16(22)12-7-3-2-6-11(12)10-24-17-18-15(19-20-17)13-8-4-5-9-14(13)21/h2-9,21H,10H2,1H3,(H,18,19,20). The first-order valence-corrected chi connectivity index (χ1v) is 8.17. The van der Waals surface area contributed by atoms with Crippen LogP contribution in [0.3, 0.4) is 0 Å². The maximum Gasteiger partial charge on any atom is 0.338 e. The van der Waals surface area contributed by atoms with Crippen molar-refractivity contribution in [3.63, 3.8) is 0 Å². The molecule has 1 aromatic heterocycles. The molecular formula is C17H15N3O3S.